The molecule has 0 fully saturated rings. The molecule has 1 aliphatic carbocycles. The van der Waals surface area contributed by atoms with E-state index >= 15 is 0 Å². The van der Waals surface area contributed by atoms with Crippen LogP contribution in [0.25, 0.3) is 11.3 Å². The largest absolute Gasteiger partial charge is 0.503 e. The molecule has 3 aromatic rings. The minimum Gasteiger partial charge on any atom is -0.503 e. The van der Waals surface area contributed by atoms with E-state index in [2.05, 4.69) is 6.07 Å². The topological polar surface area (TPSA) is 51.5 Å². The fourth-order valence-corrected chi connectivity index (χ4v) is 3.56. The lowest BCUT2D eigenvalue weighted by molar-refractivity contribution is 0.414. The minimum atomic E-state index is -0.344. The highest BCUT2D eigenvalue weighted by molar-refractivity contribution is 5.76. The summed E-state index contributed by atoms with van der Waals surface area (Å²) >= 11 is 0. The Morgan fingerprint density at radius 1 is 1.12 bits per heavy atom. The van der Waals surface area contributed by atoms with Crippen LogP contribution in [0.2, 0.25) is 0 Å². The van der Waals surface area contributed by atoms with E-state index in [-0.39, 0.29) is 11.3 Å². The Morgan fingerprint density at radius 3 is 2.56 bits per heavy atom. The lowest BCUT2D eigenvalue weighted by atomic mass is 10.1. The Kier molecular flexibility index (Phi) is 3.61. The van der Waals surface area contributed by atoms with Gasteiger partial charge in [-0.3, -0.25) is 4.79 Å². The van der Waals surface area contributed by atoms with Crippen molar-refractivity contribution in [2.45, 2.75) is 19.9 Å². The van der Waals surface area contributed by atoms with Crippen molar-refractivity contribution in [3.63, 3.8) is 0 Å². The molecule has 0 saturated carbocycles. The molecular weight excluding hydrogens is 314 g/mol. The zero-order valence-electron chi connectivity index (χ0n) is 14.2. The van der Waals surface area contributed by atoms with Crippen LogP contribution >= 0.6 is 0 Å². The summed E-state index contributed by atoms with van der Waals surface area (Å²) in [6.45, 7) is 2.23. The molecule has 0 radical (unpaired) electrons. The molecule has 0 saturated heterocycles. The zero-order valence-corrected chi connectivity index (χ0v) is 14.2. The first-order chi connectivity index (χ1) is 12.1. The number of hydrogen-bond acceptors (Lipinski definition) is 3. The van der Waals surface area contributed by atoms with E-state index in [9.17, 15) is 9.90 Å². The number of rotatable bonds is 3. The third-order valence-electron chi connectivity index (χ3n) is 4.95. The standard InChI is InChI=1S/C21H19NO3/c1-13-18-11-15-5-3-4-6-17(15)19(18)22(21(24)20(13)23)12-14-7-9-16(25-2)10-8-14/h3-10,23H,11-12H2,1-2H3. The van der Waals surface area contributed by atoms with Crippen LogP contribution in [0.4, 0.5) is 0 Å². The first-order valence-electron chi connectivity index (χ1n) is 8.26. The van der Waals surface area contributed by atoms with Crippen molar-refractivity contribution >= 4 is 0 Å². The van der Waals surface area contributed by atoms with E-state index in [1.807, 2.05) is 49.4 Å². The van der Waals surface area contributed by atoms with Gasteiger partial charge in [-0.2, -0.15) is 0 Å². The Balaban J connectivity index is 1.90. The molecule has 0 spiro atoms. The molecule has 0 unspecified atom stereocenters. The Labute approximate surface area is 145 Å². The fraction of sp³-hybridized carbons (Fsp3) is 0.190. The molecule has 2 aromatic carbocycles. The van der Waals surface area contributed by atoms with Crippen LogP contribution in [-0.2, 0) is 13.0 Å². The van der Waals surface area contributed by atoms with Crippen molar-refractivity contribution in [2.24, 2.45) is 0 Å². The Morgan fingerprint density at radius 2 is 1.84 bits per heavy atom. The van der Waals surface area contributed by atoms with Gasteiger partial charge < -0.3 is 14.4 Å². The summed E-state index contributed by atoms with van der Waals surface area (Å²) in [4.78, 5) is 12.8. The van der Waals surface area contributed by atoms with Crippen molar-refractivity contribution in [3.8, 4) is 22.8 Å². The highest BCUT2D eigenvalue weighted by Crippen LogP contribution is 2.39. The molecule has 4 nitrogen and oxygen atoms in total. The number of aromatic nitrogens is 1. The van der Waals surface area contributed by atoms with Crippen LogP contribution in [0, 0.1) is 6.92 Å². The lowest BCUT2D eigenvalue weighted by Crippen LogP contribution is -2.23. The van der Waals surface area contributed by atoms with Crippen LogP contribution in [0.1, 0.15) is 22.3 Å². The molecule has 0 amide bonds. The van der Waals surface area contributed by atoms with Gasteiger partial charge in [-0.1, -0.05) is 36.4 Å². The number of methoxy groups -OCH3 is 1. The SMILES string of the molecule is COc1ccc(Cn2c3c(c(C)c(O)c2=O)Cc2ccccc2-3)cc1. The summed E-state index contributed by atoms with van der Waals surface area (Å²) < 4.78 is 6.88. The number of hydrogen-bond donors (Lipinski definition) is 1. The summed E-state index contributed by atoms with van der Waals surface area (Å²) in [6.07, 6.45) is 0.744. The summed E-state index contributed by atoms with van der Waals surface area (Å²) in [6, 6.07) is 15.7. The quantitative estimate of drug-likeness (QED) is 0.624. The van der Waals surface area contributed by atoms with Crippen LogP contribution in [0.5, 0.6) is 11.5 Å². The number of benzene rings is 2. The smallest absolute Gasteiger partial charge is 0.293 e. The monoisotopic (exact) mass is 333 g/mol. The molecule has 4 rings (SSSR count). The molecule has 4 heteroatoms. The molecule has 1 heterocycles. The maximum atomic E-state index is 12.8. The van der Waals surface area contributed by atoms with Crippen LogP contribution in [0.15, 0.2) is 53.3 Å². The van der Waals surface area contributed by atoms with Gasteiger partial charge in [0.2, 0.25) is 0 Å². The number of aromatic hydroxyl groups is 1. The molecule has 1 N–H and O–H groups in total. The van der Waals surface area contributed by atoms with Gasteiger partial charge in [-0.25, -0.2) is 0 Å². The van der Waals surface area contributed by atoms with Gasteiger partial charge >= 0.3 is 0 Å². The molecule has 1 aliphatic rings. The predicted molar refractivity (Wildman–Crippen MR) is 97.4 cm³/mol. The van der Waals surface area contributed by atoms with Gasteiger partial charge in [-0.15, -0.1) is 0 Å². The van der Waals surface area contributed by atoms with Crippen LogP contribution < -0.4 is 10.3 Å². The van der Waals surface area contributed by atoms with E-state index in [1.165, 1.54) is 5.56 Å². The number of pyridine rings is 1. The van der Waals surface area contributed by atoms with E-state index in [4.69, 9.17) is 4.74 Å². The number of fused-ring (bicyclic) bond motifs is 3. The Bertz CT molecular complexity index is 1020. The van der Waals surface area contributed by atoms with Gasteiger partial charge in [0.25, 0.3) is 5.56 Å². The van der Waals surface area contributed by atoms with E-state index < -0.39 is 0 Å². The van der Waals surface area contributed by atoms with Gasteiger partial charge in [0.05, 0.1) is 19.3 Å². The third kappa shape index (κ3) is 2.41. The van der Waals surface area contributed by atoms with Crippen molar-refractivity contribution in [2.75, 3.05) is 7.11 Å². The lowest BCUT2D eigenvalue weighted by Gasteiger charge is -2.16. The van der Waals surface area contributed by atoms with Crippen molar-refractivity contribution in [1.29, 1.82) is 0 Å². The minimum absolute atomic E-state index is 0.153. The molecule has 126 valence electrons. The normalized spacial score (nSPS) is 11.9. The molecular formula is C21H19NO3. The molecule has 0 bridgehead atoms. The van der Waals surface area contributed by atoms with Crippen LogP contribution in [-0.4, -0.2) is 16.8 Å². The van der Waals surface area contributed by atoms with E-state index in [1.54, 1.807) is 11.7 Å². The van der Waals surface area contributed by atoms with Gasteiger partial charge in [0.1, 0.15) is 5.75 Å². The van der Waals surface area contributed by atoms with Crippen LogP contribution in [0.3, 0.4) is 0 Å². The summed E-state index contributed by atoms with van der Waals surface area (Å²) in [7, 11) is 1.63. The second kappa shape index (κ2) is 5.81. The fourth-order valence-electron chi connectivity index (χ4n) is 3.56. The molecule has 25 heavy (non-hydrogen) atoms. The second-order valence-electron chi connectivity index (χ2n) is 6.37. The van der Waals surface area contributed by atoms with E-state index in [0.29, 0.717) is 12.1 Å². The van der Waals surface area contributed by atoms with Crippen molar-refractivity contribution in [1.82, 2.24) is 4.57 Å². The first kappa shape index (κ1) is 15.5. The second-order valence-corrected chi connectivity index (χ2v) is 6.37. The summed E-state index contributed by atoms with van der Waals surface area (Å²) in [5.74, 6) is 0.624. The first-order valence-corrected chi connectivity index (χ1v) is 8.26. The van der Waals surface area contributed by atoms with Gasteiger partial charge in [0, 0.05) is 17.5 Å². The van der Waals surface area contributed by atoms with Crippen molar-refractivity contribution in [3.05, 3.63) is 81.1 Å². The maximum Gasteiger partial charge on any atom is 0.293 e. The summed E-state index contributed by atoms with van der Waals surface area (Å²) in [5.41, 5.74) is 5.54. The number of ether oxygens (including phenoxy) is 1. The maximum absolute atomic E-state index is 12.8. The number of nitrogens with zero attached hydrogens (tertiary/aromatic N) is 1. The average molecular weight is 333 g/mol. The average Bonchev–Trinajstić information content (AvgIpc) is 3.03. The molecule has 0 aliphatic heterocycles. The zero-order chi connectivity index (χ0) is 17.6. The van der Waals surface area contributed by atoms with Gasteiger partial charge in [0.15, 0.2) is 5.75 Å². The molecule has 1 aromatic heterocycles. The van der Waals surface area contributed by atoms with Crippen molar-refractivity contribution < 1.29 is 9.84 Å². The predicted octanol–water partition coefficient (Wildman–Crippen LogP) is 3.49. The van der Waals surface area contributed by atoms with E-state index in [0.717, 1.165) is 34.6 Å². The molecule has 0 atom stereocenters. The highest BCUT2D eigenvalue weighted by Gasteiger charge is 2.26. The van der Waals surface area contributed by atoms with Gasteiger partial charge in [-0.05, 0) is 35.7 Å². The highest BCUT2D eigenvalue weighted by atomic mass is 16.5. The third-order valence-corrected chi connectivity index (χ3v) is 4.95. The summed E-state index contributed by atoms with van der Waals surface area (Å²) in [5, 5.41) is 10.3. The Hall–Kier alpha value is -3.01.